The van der Waals surface area contributed by atoms with Gasteiger partial charge in [0.1, 0.15) is 0 Å². The summed E-state index contributed by atoms with van der Waals surface area (Å²) in [6.07, 6.45) is 1.57. The van der Waals surface area contributed by atoms with Crippen LogP contribution in [0, 0.1) is 0 Å². The number of esters is 2. The fraction of sp³-hybridized carbons (Fsp3) is 0.316. The number of nitrogens with zero attached hydrogens (tertiary/aromatic N) is 1. The van der Waals surface area contributed by atoms with Crippen LogP contribution in [0.15, 0.2) is 36.5 Å². The smallest absolute Gasteiger partial charge is 0.308 e. The Labute approximate surface area is 146 Å². The second kappa shape index (κ2) is 7.34. The van der Waals surface area contributed by atoms with E-state index in [1.165, 1.54) is 13.8 Å². The van der Waals surface area contributed by atoms with Crippen LogP contribution >= 0.6 is 0 Å². The van der Waals surface area contributed by atoms with E-state index in [9.17, 15) is 9.59 Å². The summed E-state index contributed by atoms with van der Waals surface area (Å²) in [4.78, 5) is 27.1. The Hall–Kier alpha value is -2.89. The molecule has 2 aromatic rings. The summed E-state index contributed by atoms with van der Waals surface area (Å²) >= 11 is 0. The third-order valence-corrected chi connectivity index (χ3v) is 3.24. The van der Waals surface area contributed by atoms with E-state index in [4.69, 9.17) is 14.2 Å². The summed E-state index contributed by atoms with van der Waals surface area (Å²) in [5.41, 5.74) is 0.571. The van der Waals surface area contributed by atoms with Gasteiger partial charge in [0.2, 0.25) is 11.6 Å². The molecule has 25 heavy (non-hydrogen) atoms. The van der Waals surface area contributed by atoms with E-state index in [0.717, 1.165) is 5.56 Å². The van der Waals surface area contributed by atoms with E-state index >= 15 is 0 Å². The molecule has 132 valence electrons. The maximum absolute atomic E-state index is 11.5. The van der Waals surface area contributed by atoms with Crippen molar-refractivity contribution in [2.75, 3.05) is 0 Å². The lowest BCUT2D eigenvalue weighted by molar-refractivity contribution is -0.132. The first-order chi connectivity index (χ1) is 11.7. The van der Waals surface area contributed by atoms with Crippen molar-refractivity contribution in [1.29, 1.82) is 0 Å². The Morgan fingerprint density at radius 3 is 1.92 bits per heavy atom. The largest absolute Gasteiger partial charge is 0.431 e. The van der Waals surface area contributed by atoms with Crippen LogP contribution in [-0.2, 0) is 15.0 Å². The molecule has 1 aromatic heterocycles. The van der Waals surface area contributed by atoms with Gasteiger partial charge in [-0.3, -0.25) is 9.59 Å². The lowest BCUT2D eigenvalue weighted by Gasteiger charge is -2.22. The van der Waals surface area contributed by atoms with Crippen LogP contribution in [0.25, 0.3) is 0 Å². The zero-order valence-electron chi connectivity index (χ0n) is 15.0. The van der Waals surface area contributed by atoms with Gasteiger partial charge in [0.05, 0.1) is 0 Å². The zero-order valence-corrected chi connectivity index (χ0v) is 15.0. The zero-order chi connectivity index (χ0) is 18.6. The Balaban J connectivity index is 2.62. The Bertz CT molecular complexity index is 741. The number of rotatable bonds is 4. The molecular weight excluding hydrogens is 322 g/mol. The molecule has 2 rings (SSSR count). The Morgan fingerprint density at radius 2 is 1.52 bits per heavy atom. The molecule has 0 fully saturated rings. The van der Waals surface area contributed by atoms with Crippen LogP contribution in [0.2, 0.25) is 0 Å². The molecule has 0 amide bonds. The van der Waals surface area contributed by atoms with Gasteiger partial charge in [-0.2, -0.15) is 0 Å². The van der Waals surface area contributed by atoms with Gasteiger partial charge in [0.15, 0.2) is 11.5 Å². The number of pyridine rings is 1. The molecule has 0 unspecified atom stereocenters. The number of benzene rings is 1. The maximum atomic E-state index is 11.5. The monoisotopic (exact) mass is 343 g/mol. The number of carbonyl (C=O) groups is 2. The molecule has 0 aliphatic rings. The highest BCUT2D eigenvalue weighted by Gasteiger charge is 2.24. The van der Waals surface area contributed by atoms with Gasteiger partial charge in [-0.1, -0.05) is 26.8 Å². The Morgan fingerprint density at radius 1 is 0.960 bits per heavy atom. The van der Waals surface area contributed by atoms with Crippen LogP contribution in [0.3, 0.4) is 0 Å². The van der Waals surface area contributed by atoms with Crippen LogP contribution in [0.5, 0.6) is 23.1 Å². The lowest BCUT2D eigenvalue weighted by atomic mass is 9.86. The van der Waals surface area contributed by atoms with Crippen LogP contribution < -0.4 is 14.2 Å². The molecule has 0 bridgehead atoms. The van der Waals surface area contributed by atoms with Gasteiger partial charge < -0.3 is 14.2 Å². The van der Waals surface area contributed by atoms with Crippen molar-refractivity contribution >= 4 is 11.9 Å². The maximum Gasteiger partial charge on any atom is 0.308 e. The molecule has 6 heteroatoms. The van der Waals surface area contributed by atoms with E-state index in [1.807, 2.05) is 20.8 Å². The molecule has 0 radical (unpaired) electrons. The molecule has 0 saturated heterocycles. The van der Waals surface area contributed by atoms with Gasteiger partial charge in [-0.15, -0.1) is 0 Å². The third kappa shape index (κ3) is 5.04. The Kier molecular flexibility index (Phi) is 5.41. The summed E-state index contributed by atoms with van der Waals surface area (Å²) < 4.78 is 16.3. The lowest BCUT2D eigenvalue weighted by Crippen LogP contribution is -2.14. The summed E-state index contributed by atoms with van der Waals surface area (Å²) in [7, 11) is 0. The summed E-state index contributed by atoms with van der Waals surface area (Å²) in [6, 6.07) is 8.55. The van der Waals surface area contributed by atoms with E-state index in [2.05, 4.69) is 4.98 Å². The highest BCUT2D eigenvalue weighted by Crippen LogP contribution is 2.43. The highest BCUT2D eigenvalue weighted by molar-refractivity contribution is 5.74. The minimum Gasteiger partial charge on any atom is -0.431 e. The SMILES string of the molecule is CC(=O)Oc1cc(C(C)(C)C)cc(OC(C)=O)c1Oc1ccccn1. The fourth-order valence-corrected chi connectivity index (χ4v) is 2.08. The fourth-order valence-electron chi connectivity index (χ4n) is 2.08. The predicted molar refractivity (Wildman–Crippen MR) is 92.1 cm³/mol. The van der Waals surface area contributed by atoms with E-state index in [0.29, 0.717) is 0 Å². The number of carbonyl (C=O) groups excluding carboxylic acids is 2. The molecular formula is C19H21NO5. The standard InChI is InChI=1S/C19H21NO5/c1-12(21)23-15-10-14(19(3,4)5)11-16(24-13(2)22)18(15)25-17-8-6-7-9-20-17/h6-11H,1-5H3. The predicted octanol–water partition coefficient (Wildman–Crippen LogP) is 4.02. The van der Waals surface area contributed by atoms with Crippen molar-refractivity contribution in [2.24, 2.45) is 0 Å². The number of hydrogen-bond donors (Lipinski definition) is 0. The highest BCUT2D eigenvalue weighted by atomic mass is 16.6. The first-order valence-electron chi connectivity index (χ1n) is 7.81. The van der Waals surface area contributed by atoms with Gasteiger partial charge in [0, 0.05) is 26.1 Å². The first-order valence-corrected chi connectivity index (χ1v) is 7.81. The minimum atomic E-state index is -0.509. The number of ether oxygens (including phenoxy) is 3. The molecule has 0 saturated carbocycles. The molecule has 0 aliphatic heterocycles. The third-order valence-electron chi connectivity index (χ3n) is 3.24. The van der Waals surface area contributed by atoms with Gasteiger partial charge in [0.25, 0.3) is 0 Å². The normalized spacial score (nSPS) is 10.9. The number of hydrogen-bond acceptors (Lipinski definition) is 6. The van der Waals surface area contributed by atoms with Crippen LogP contribution in [0.1, 0.15) is 40.2 Å². The molecule has 0 atom stereocenters. The average Bonchev–Trinajstić information content (AvgIpc) is 2.49. The van der Waals surface area contributed by atoms with E-state index in [1.54, 1.807) is 36.5 Å². The van der Waals surface area contributed by atoms with E-state index in [-0.39, 0.29) is 28.5 Å². The van der Waals surface area contributed by atoms with Crippen molar-refractivity contribution < 1.29 is 23.8 Å². The molecule has 1 aromatic carbocycles. The van der Waals surface area contributed by atoms with Crippen molar-refractivity contribution in [3.63, 3.8) is 0 Å². The van der Waals surface area contributed by atoms with Crippen molar-refractivity contribution in [3.8, 4) is 23.1 Å². The second-order valence-electron chi connectivity index (χ2n) is 6.51. The van der Waals surface area contributed by atoms with Gasteiger partial charge >= 0.3 is 11.9 Å². The topological polar surface area (TPSA) is 74.7 Å². The van der Waals surface area contributed by atoms with Gasteiger partial charge in [-0.05, 0) is 29.2 Å². The quantitative estimate of drug-likeness (QED) is 0.616. The molecule has 1 heterocycles. The van der Waals surface area contributed by atoms with Crippen LogP contribution in [0.4, 0.5) is 0 Å². The minimum absolute atomic E-state index is 0.122. The van der Waals surface area contributed by atoms with Crippen LogP contribution in [-0.4, -0.2) is 16.9 Å². The number of aromatic nitrogens is 1. The molecule has 6 nitrogen and oxygen atoms in total. The second-order valence-corrected chi connectivity index (χ2v) is 6.51. The van der Waals surface area contributed by atoms with Gasteiger partial charge in [-0.25, -0.2) is 4.98 Å². The van der Waals surface area contributed by atoms with Crippen molar-refractivity contribution in [2.45, 2.75) is 40.0 Å². The first kappa shape index (κ1) is 18.4. The summed E-state index contributed by atoms with van der Waals surface area (Å²) in [5.74, 6) is -0.273. The summed E-state index contributed by atoms with van der Waals surface area (Å²) in [6.45, 7) is 8.57. The van der Waals surface area contributed by atoms with Crippen molar-refractivity contribution in [3.05, 3.63) is 42.1 Å². The van der Waals surface area contributed by atoms with Crippen molar-refractivity contribution in [1.82, 2.24) is 4.98 Å². The summed E-state index contributed by atoms with van der Waals surface area (Å²) in [5, 5.41) is 0. The average molecular weight is 343 g/mol. The molecule has 0 aliphatic carbocycles. The molecule has 0 spiro atoms. The van der Waals surface area contributed by atoms with E-state index < -0.39 is 11.9 Å². The molecule has 0 N–H and O–H groups in total.